The van der Waals surface area contributed by atoms with Crippen molar-refractivity contribution < 1.29 is 17.9 Å². The molecule has 1 atom stereocenters. The van der Waals surface area contributed by atoms with Gasteiger partial charge in [-0.05, 0) is 35.2 Å². The highest BCUT2D eigenvalue weighted by molar-refractivity contribution is 7.10. The van der Waals surface area contributed by atoms with Gasteiger partial charge < -0.3 is 10.1 Å². The lowest BCUT2D eigenvalue weighted by atomic mass is 9.99. The zero-order chi connectivity index (χ0) is 17.2. The summed E-state index contributed by atoms with van der Waals surface area (Å²) in [6.45, 7) is 3.25. The molecule has 25 heavy (non-hydrogen) atoms. The Labute approximate surface area is 155 Å². The minimum Gasteiger partial charge on any atom is -0.497 e. The zero-order valence-electron chi connectivity index (χ0n) is 13.7. The Balaban J connectivity index is 0.00000225. The highest BCUT2D eigenvalue weighted by atomic mass is 35.5. The number of rotatable bonds is 4. The lowest BCUT2D eigenvalue weighted by molar-refractivity contribution is -0.137. The number of thiophene rings is 1. The molecule has 1 saturated heterocycles. The van der Waals surface area contributed by atoms with Gasteiger partial charge in [0.2, 0.25) is 0 Å². The van der Waals surface area contributed by atoms with Crippen LogP contribution in [0.5, 0.6) is 5.75 Å². The molecule has 1 fully saturated rings. The third kappa shape index (κ3) is 4.67. The summed E-state index contributed by atoms with van der Waals surface area (Å²) in [5.41, 5.74) is -0.0560. The minimum atomic E-state index is -4.40. The fourth-order valence-electron chi connectivity index (χ4n) is 3.00. The molecule has 8 heteroatoms. The van der Waals surface area contributed by atoms with E-state index in [4.69, 9.17) is 4.74 Å². The maximum atomic E-state index is 13.3. The summed E-state index contributed by atoms with van der Waals surface area (Å²) < 4.78 is 44.9. The maximum absolute atomic E-state index is 13.3. The molecule has 1 aliphatic heterocycles. The number of hydrogen-bond donors (Lipinski definition) is 1. The standard InChI is InChI=1S/C17H19F3N2OS.ClH/c1-23-14-10-12(9-13(11-14)17(18,19)20)16(15-3-2-8-24-15)22-6-4-21-5-7-22;/h2-3,8-11,16,21H,4-7H2,1H3;1H/t16-;/m1./s1. The summed E-state index contributed by atoms with van der Waals surface area (Å²) in [6, 6.07) is 7.72. The van der Waals surface area contributed by atoms with Gasteiger partial charge in [-0.15, -0.1) is 23.7 Å². The number of hydrogen-bond acceptors (Lipinski definition) is 4. The van der Waals surface area contributed by atoms with Gasteiger partial charge in [-0.25, -0.2) is 0 Å². The Hall–Kier alpha value is -1.28. The second kappa shape index (κ2) is 8.40. The largest absolute Gasteiger partial charge is 0.497 e. The van der Waals surface area contributed by atoms with Gasteiger partial charge in [0.1, 0.15) is 5.75 Å². The molecule has 3 nitrogen and oxygen atoms in total. The monoisotopic (exact) mass is 392 g/mol. The van der Waals surface area contributed by atoms with Crippen LogP contribution in [0, 0.1) is 0 Å². The van der Waals surface area contributed by atoms with Gasteiger partial charge in [-0.1, -0.05) is 6.07 Å². The summed E-state index contributed by atoms with van der Waals surface area (Å²) in [7, 11) is 1.39. The third-order valence-corrected chi connectivity index (χ3v) is 5.06. The van der Waals surface area contributed by atoms with Crippen molar-refractivity contribution in [3.05, 3.63) is 51.7 Å². The summed E-state index contributed by atoms with van der Waals surface area (Å²) in [4.78, 5) is 3.26. The first kappa shape index (κ1) is 20.0. The molecule has 0 spiro atoms. The van der Waals surface area contributed by atoms with Gasteiger partial charge in [-0.3, -0.25) is 4.90 Å². The van der Waals surface area contributed by atoms with E-state index in [1.54, 1.807) is 17.4 Å². The first-order valence-corrected chi connectivity index (χ1v) is 8.61. The van der Waals surface area contributed by atoms with Crippen LogP contribution in [0.1, 0.15) is 22.0 Å². The van der Waals surface area contributed by atoms with Crippen LogP contribution in [-0.4, -0.2) is 38.2 Å². The van der Waals surface area contributed by atoms with Gasteiger partial charge in [-0.2, -0.15) is 13.2 Å². The predicted molar refractivity (Wildman–Crippen MR) is 95.8 cm³/mol. The molecule has 1 aliphatic rings. The molecule has 0 saturated carbocycles. The van der Waals surface area contributed by atoms with Gasteiger partial charge in [0.25, 0.3) is 0 Å². The van der Waals surface area contributed by atoms with Crippen molar-refractivity contribution in [2.24, 2.45) is 0 Å². The van der Waals surface area contributed by atoms with Gasteiger partial charge in [0.05, 0.1) is 18.7 Å². The summed E-state index contributed by atoms with van der Waals surface area (Å²) in [5, 5.41) is 5.24. The minimum absolute atomic E-state index is 0. The first-order chi connectivity index (χ1) is 11.5. The number of benzene rings is 1. The lowest BCUT2D eigenvalue weighted by Crippen LogP contribution is -2.45. The van der Waals surface area contributed by atoms with Crippen LogP contribution in [0.3, 0.4) is 0 Å². The molecule has 2 aromatic rings. The molecular formula is C17H20ClF3N2OS. The van der Waals surface area contributed by atoms with Crippen LogP contribution in [-0.2, 0) is 6.18 Å². The molecule has 1 N–H and O–H groups in total. The van der Waals surface area contributed by atoms with Crippen LogP contribution in [0.2, 0.25) is 0 Å². The molecular weight excluding hydrogens is 373 g/mol. The van der Waals surface area contributed by atoms with E-state index in [1.807, 2.05) is 17.5 Å². The van der Waals surface area contributed by atoms with E-state index in [1.165, 1.54) is 13.2 Å². The summed E-state index contributed by atoms with van der Waals surface area (Å²) in [6.07, 6.45) is -4.40. The highest BCUT2D eigenvalue weighted by Crippen LogP contribution is 2.38. The first-order valence-electron chi connectivity index (χ1n) is 7.73. The van der Waals surface area contributed by atoms with E-state index in [0.717, 1.165) is 37.1 Å². The van der Waals surface area contributed by atoms with Crippen LogP contribution in [0.25, 0.3) is 0 Å². The van der Waals surface area contributed by atoms with Crippen LogP contribution >= 0.6 is 23.7 Å². The van der Waals surface area contributed by atoms with Crippen LogP contribution in [0.4, 0.5) is 13.2 Å². The Morgan fingerprint density at radius 2 is 1.92 bits per heavy atom. The molecule has 0 aliphatic carbocycles. The fraction of sp³-hybridized carbons (Fsp3) is 0.412. The van der Waals surface area contributed by atoms with Gasteiger partial charge >= 0.3 is 6.18 Å². The second-order valence-corrected chi connectivity index (χ2v) is 6.68. The molecule has 1 aromatic heterocycles. The topological polar surface area (TPSA) is 24.5 Å². The van der Waals surface area contributed by atoms with Crippen LogP contribution < -0.4 is 10.1 Å². The van der Waals surface area contributed by atoms with Crippen molar-refractivity contribution in [3.8, 4) is 5.75 Å². The van der Waals surface area contributed by atoms with E-state index in [-0.39, 0.29) is 24.2 Å². The Kier molecular flexibility index (Phi) is 6.73. The number of halogens is 4. The molecule has 1 aromatic carbocycles. The molecule has 2 heterocycles. The van der Waals surface area contributed by atoms with E-state index in [2.05, 4.69) is 10.2 Å². The van der Waals surface area contributed by atoms with Crippen molar-refractivity contribution in [1.29, 1.82) is 0 Å². The smallest absolute Gasteiger partial charge is 0.416 e. The Morgan fingerprint density at radius 1 is 1.20 bits per heavy atom. The molecule has 0 unspecified atom stereocenters. The maximum Gasteiger partial charge on any atom is 0.416 e. The second-order valence-electron chi connectivity index (χ2n) is 5.70. The zero-order valence-corrected chi connectivity index (χ0v) is 15.3. The Bertz CT molecular complexity index is 673. The number of nitrogens with one attached hydrogen (secondary N) is 1. The predicted octanol–water partition coefficient (Wildman–Crippen LogP) is 4.19. The fourth-order valence-corrected chi connectivity index (χ4v) is 3.89. The molecule has 0 bridgehead atoms. The molecule has 0 radical (unpaired) electrons. The SMILES string of the molecule is COc1cc([C@H](c2cccs2)N2CCNCC2)cc(C(F)(F)F)c1.Cl. The molecule has 3 rings (SSSR count). The number of methoxy groups -OCH3 is 1. The van der Waals surface area contributed by atoms with E-state index >= 15 is 0 Å². The normalized spacial score (nSPS) is 17.0. The van der Waals surface area contributed by atoms with Crippen molar-refractivity contribution in [2.75, 3.05) is 33.3 Å². The third-order valence-electron chi connectivity index (χ3n) is 4.14. The van der Waals surface area contributed by atoms with Gasteiger partial charge in [0.15, 0.2) is 0 Å². The highest BCUT2D eigenvalue weighted by Gasteiger charge is 2.33. The molecule has 138 valence electrons. The van der Waals surface area contributed by atoms with Crippen LogP contribution in [0.15, 0.2) is 35.7 Å². The number of nitrogens with zero attached hydrogens (tertiary/aromatic N) is 1. The van der Waals surface area contributed by atoms with Gasteiger partial charge in [0, 0.05) is 31.1 Å². The summed E-state index contributed by atoms with van der Waals surface area (Å²) in [5.74, 6) is 0.233. The van der Waals surface area contributed by atoms with E-state index in [9.17, 15) is 13.2 Å². The number of piperazine rings is 1. The molecule has 0 amide bonds. The summed E-state index contributed by atoms with van der Waals surface area (Å²) >= 11 is 1.56. The van der Waals surface area contributed by atoms with Crippen molar-refractivity contribution in [3.63, 3.8) is 0 Å². The lowest BCUT2D eigenvalue weighted by Gasteiger charge is -2.35. The number of ether oxygens (including phenoxy) is 1. The van der Waals surface area contributed by atoms with Crippen molar-refractivity contribution in [1.82, 2.24) is 10.2 Å². The average molecular weight is 393 g/mol. The number of alkyl halides is 3. The van der Waals surface area contributed by atoms with E-state index in [0.29, 0.717) is 5.56 Å². The Morgan fingerprint density at radius 3 is 2.48 bits per heavy atom. The van der Waals surface area contributed by atoms with Crippen molar-refractivity contribution >= 4 is 23.7 Å². The van der Waals surface area contributed by atoms with E-state index < -0.39 is 11.7 Å². The van der Waals surface area contributed by atoms with Crippen molar-refractivity contribution in [2.45, 2.75) is 12.2 Å². The quantitative estimate of drug-likeness (QED) is 0.844. The average Bonchev–Trinajstić information content (AvgIpc) is 3.09.